The van der Waals surface area contributed by atoms with Crippen LogP contribution < -0.4 is 9.47 Å². The molecule has 5 heteroatoms. The number of hydrogen-bond donors (Lipinski definition) is 0. The average Bonchev–Trinajstić information content (AvgIpc) is 3.50. The lowest BCUT2D eigenvalue weighted by molar-refractivity contribution is -0.0632. The second-order valence-corrected chi connectivity index (χ2v) is 9.68. The van der Waals surface area contributed by atoms with E-state index < -0.39 is 5.60 Å². The van der Waals surface area contributed by atoms with E-state index in [9.17, 15) is 0 Å². The van der Waals surface area contributed by atoms with Crippen LogP contribution in [0.3, 0.4) is 0 Å². The Morgan fingerprint density at radius 1 is 0.944 bits per heavy atom. The summed E-state index contributed by atoms with van der Waals surface area (Å²) >= 11 is 0. The zero-order valence-corrected chi connectivity index (χ0v) is 21.7. The van der Waals surface area contributed by atoms with Gasteiger partial charge in [-0.15, -0.1) is 0 Å². The van der Waals surface area contributed by atoms with E-state index in [4.69, 9.17) is 23.7 Å². The van der Waals surface area contributed by atoms with E-state index in [0.717, 1.165) is 34.6 Å². The first kappa shape index (κ1) is 24.8. The van der Waals surface area contributed by atoms with Crippen LogP contribution in [0.5, 0.6) is 11.5 Å². The van der Waals surface area contributed by atoms with Gasteiger partial charge in [0.1, 0.15) is 24.7 Å². The van der Waals surface area contributed by atoms with Crippen LogP contribution in [-0.4, -0.2) is 32.0 Å². The van der Waals surface area contributed by atoms with Crippen LogP contribution in [0, 0.1) is 20.5 Å². The van der Waals surface area contributed by atoms with Crippen LogP contribution in [0.2, 0.25) is 0 Å². The summed E-state index contributed by atoms with van der Waals surface area (Å²) in [6.07, 6.45) is 0.781. The maximum Gasteiger partial charge on any atom is 0.159 e. The number of rotatable bonds is 10. The molecule has 3 aromatic carbocycles. The molecule has 0 amide bonds. The van der Waals surface area contributed by atoms with Gasteiger partial charge in [0.2, 0.25) is 0 Å². The molecule has 0 saturated carbocycles. The fraction of sp³-hybridized carbons (Fsp3) is 0.387. The molecule has 0 aromatic heterocycles. The van der Waals surface area contributed by atoms with Crippen LogP contribution in [0.4, 0.5) is 0 Å². The normalized spacial score (nSPS) is 15.4. The molecule has 0 aliphatic carbocycles. The summed E-state index contributed by atoms with van der Waals surface area (Å²) in [5, 5.41) is 0. The average molecular weight is 488 g/mol. The Morgan fingerprint density at radius 3 is 2.53 bits per heavy atom. The summed E-state index contributed by atoms with van der Waals surface area (Å²) in [6.45, 7) is 13.7. The SMILES string of the molecule is CCOCC1(COCC)Cc2c(cc(C)c(-c3cccc(COc4ccc5c(c4)CO[CH]5)c3)c2C)O1. The Labute approximate surface area is 214 Å². The Bertz CT molecular complexity index is 1220. The Hall–Kier alpha value is -2.86. The summed E-state index contributed by atoms with van der Waals surface area (Å²) < 4.78 is 29.7. The van der Waals surface area contributed by atoms with E-state index in [0.29, 0.717) is 39.6 Å². The molecule has 2 aliphatic rings. The van der Waals surface area contributed by atoms with Crippen LogP contribution >= 0.6 is 0 Å². The Morgan fingerprint density at radius 2 is 1.75 bits per heavy atom. The lowest BCUT2D eigenvalue weighted by atomic mass is 9.88. The lowest BCUT2D eigenvalue weighted by Crippen LogP contribution is -2.44. The highest BCUT2D eigenvalue weighted by molar-refractivity contribution is 5.75. The third-order valence-corrected chi connectivity index (χ3v) is 7.02. The topological polar surface area (TPSA) is 46.2 Å². The van der Waals surface area contributed by atoms with Crippen molar-refractivity contribution in [1.82, 2.24) is 0 Å². The third-order valence-electron chi connectivity index (χ3n) is 7.02. The third kappa shape index (κ3) is 5.01. The molecular weight excluding hydrogens is 452 g/mol. The van der Waals surface area contributed by atoms with Gasteiger partial charge in [-0.2, -0.15) is 0 Å². The van der Waals surface area contributed by atoms with E-state index in [-0.39, 0.29) is 0 Å². The quantitative estimate of drug-likeness (QED) is 0.334. The van der Waals surface area contributed by atoms with Crippen molar-refractivity contribution in [3.63, 3.8) is 0 Å². The van der Waals surface area contributed by atoms with Crippen LogP contribution in [0.25, 0.3) is 11.1 Å². The van der Waals surface area contributed by atoms with E-state index in [2.05, 4.69) is 50.2 Å². The van der Waals surface area contributed by atoms with Gasteiger partial charge in [0.05, 0.1) is 19.8 Å². The first-order valence-corrected chi connectivity index (χ1v) is 12.8. The first-order valence-electron chi connectivity index (χ1n) is 12.8. The van der Waals surface area contributed by atoms with Crippen molar-refractivity contribution in [2.45, 2.75) is 52.9 Å². The maximum atomic E-state index is 6.51. The summed E-state index contributed by atoms with van der Waals surface area (Å²) in [4.78, 5) is 0. The van der Waals surface area contributed by atoms with E-state index >= 15 is 0 Å². The highest BCUT2D eigenvalue weighted by Crippen LogP contribution is 2.43. The summed E-state index contributed by atoms with van der Waals surface area (Å²) in [5.74, 6) is 1.81. The fourth-order valence-corrected chi connectivity index (χ4v) is 5.23. The van der Waals surface area contributed by atoms with Crippen molar-refractivity contribution in [1.29, 1.82) is 0 Å². The van der Waals surface area contributed by atoms with Gasteiger partial charge in [0, 0.05) is 25.2 Å². The smallest absolute Gasteiger partial charge is 0.159 e. The van der Waals surface area contributed by atoms with Gasteiger partial charge in [-0.3, -0.25) is 0 Å². The van der Waals surface area contributed by atoms with Gasteiger partial charge in [-0.1, -0.05) is 24.3 Å². The molecule has 2 aliphatic heterocycles. The monoisotopic (exact) mass is 487 g/mol. The van der Waals surface area contributed by atoms with Crippen LogP contribution in [0.1, 0.15) is 47.2 Å². The zero-order chi connectivity index (χ0) is 25.1. The summed E-state index contributed by atoms with van der Waals surface area (Å²) in [7, 11) is 0. The van der Waals surface area contributed by atoms with Crippen molar-refractivity contribution in [3.05, 3.63) is 88.5 Å². The van der Waals surface area contributed by atoms with Crippen molar-refractivity contribution >= 4 is 0 Å². The van der Waals surface area contributed by atoms with Gasteiger partial charge < -0.3 is 23.7 Å². The molecule has 189 valence electrons. The molecule has 36 heavy (non-hydrogen) atoms. The number of ether oxygens (including phenoxy) is 5. The van der Waals surface area contributed by atoms with Crippen molar-refractivity contribution in [2.75, 3.05) is 26.4 Å². The van der Waals surface area contributed by atoms with Gasteiger partial charge in [-0.25, -0.2) is 0 Å². The van der Waals surface area contributed by atoms with Gasteiger partial charge in [0.25, 0.3) is 0 Å². The number of benzene rings is 3. The molecule has 1 radical (unpaired) electrons. The predicted molar refractivity (Wildman–Crippen MR) is 140 cm³/mol. The van der Waals surface area contributed by atoms with Gasteiger partial charge in [0.15, 0.2) is 5.60 Å². The molecular formula is C31H35O5. The maximum absolute atomic E-state index is 6.51. The fourth-order valence-electron chi connectivity index (χ4n) is 5.23. The molecule has 0 atom stereocenters. The van der Waals surface area contributed by atoms with Crippen molar-refractivity contribution < 1.29 is 23.7 Å². The number of aryl methyl sites for hydroxylation is 1. The zero-order valence-electron chi connectivity index (χ0n) is 21.7. The second kappa shape index (κ2) is 10.6. The minimum Gasteiger partial charge on any atom is -0.489 e. The highest BCUT2D eigenvalue weighted by atomic mass is 16.6. The van der Waals surface area contributed by atoms with Crippen molar-refractivity contribution in [2.24, 2.45) is 0 Å². The summed E-state index contributed by atoms with van der Waals surface area (Å²) in [5.41, 5.74) is 9.10. The minimum atomic E-state index is -0.474. The standard InChI is InChI=1S/C31H35O5/c1-5-32-19-31(20-33-6-2)15-28-22(4)30(21(3)12-29(28)36-31)24-9-7-8-23(13-24)16-35-27-11-10-25-17-34-18-26(25)14-27/h7-14,17H,5-6,15-16,18-20H2,1-4H3. The lowest BCUT2D eigenvalue weighted by Gasteiger charge is -2.28. The van der Waals surface area contributed by atoms with Crippen molar-refractivity contribution in [3.8, 4) is 22.6 Å². The molecule has 0 fully saturated rings. The molecule has 0 saturated heterocycles. The minimum absolute atomic E-state index is 0.474. The Balaban J connectivity index is 1.38. The van der Waals surface area contributed by atoms with Crippen LogP contribution in [0.15, 0.2) is 48.5 Å². The molecule has 0 N–H and O–H groups in total. The van der Waals surface area contributed by atoms with E-state index in [1.165, 1.54) is 27.8 Å². The molecule has 0 bridgehead atoms. The second-order valence-electron chi connectivity index (χ2n) is 9.68. The van der Waals surface area contributed by atoms with Crippen LogP contribution in [-0.2, 0) is 33.8 Å². The molecule has 5 rings (SSSR count). The first-order chi connectivity index (χ1) is 17.5. The molecule has 3 aromatic rings. The van der Waals surface area contributed by atoms with Gasteiger partial charge in [-0.05, 0) is 90.9 Å². The number of fused-ring (bicyclic) bond motifs is 2. The molecule has 2 heterocycles. The predicted octanol–water partition coefficient (Wildman–Crippen LogP) is 6.34. The van der Waals surface area contributed by atoms with E-state index in [1.807, 2.05) is 26.0 Å². The molecule has 0 unspecified atom stereocenters. The highest BCUT2D eigenvalue weighted by Gasteiger charge is 2.41. The molecule has 0 spiro atoms. The van der Waals surface area contributed by atoms with Gasteiger partial charge >= 0.3 is 0 Å². The Kier molecular flexibility index (Phi) is 7.33. The summed E-state index contributed by atoms with van der Waals surface area (Å²) in [6, 6.07) is 16.9. The largest absolute Gasteiger partial charge is 0.489 e. The molecule has 5 nitrogen and oxygen atoms in total. The number of hydrogen-bond acceptors (Lipinski definition) is 5. The van der Waals surface area contributed by atoms with E-state index in [1.54, 1.807) is 6.61 Å².